The second-order valence-electron chi connectivity index (χ2n) is 24.2. The summed E-state index contributed by atoms with van der Waals surface area (Å²) in [5.41, 5.74) is 0. The maximum absolute atomic E-state index is 12.5. The van der Waals surface area contributed by atoms with E-state index in [4.69, 9.17) is 4.74 Å². The predicted molar refractivity (Wildman–Crippen MR) is 329 cm³/mol. The molecular formula is C69H137NO5. The van der Waals surface area contributed by atoms with Gasteiger partial charge in [0.1, 0.15) is 0 Å². The fourth-order valence-corrected chi connectivity index (χ4v) is 11.4. The lowest BCUT2D eigenvalue weighted by Gasteiger charge is -2.22. The number of unbranched alkanes of at least 4 members (excludes halogenated alkanes) is 55. The number of esters is 1. The lowest BCUT2D eigenvalue weighted by molar-refractivity contribution is -0.143. The fourth-order valence-electron chi connectivity index (χ4n) is 11.4. The van der Waals surface area contributed by atoms with Crippen LogP contribution in [0.4, 0.5) is 0 Å². The topological polar surface area (TPSA) is 95.9 Å². The molecule has 0 aromatic carbocycles. The molecule has 0 fully saturated rings. The molecule has 0 rings (SSSR count). The van der Waals surface area contributed by atoms with Crippen molar-refractivity contribution in [2.45, 2.75) is 418 Å². The van der Waals surface area contributed by atoms with Gasteiger partial charge in [0, 0.05) is 12.8 Å². The third kappa shape index (κ3) is 61.9. The molecule has 0 aliphatic heterocycles. The third-order valence-corrected chi connectivity index (χ3v) is 16.7. The Balaban J connectivity index is 3.33. The zero-order chi connectivity index (χ0) is 54.3. The smallest absolute Gasteiger partial charge is 0.305 e. The predicted octanol–water partition coefficient (Wildman–Crippen LogP) is 22.2. The van der Waals surface area contributed by atoms with Crippen LogP contribution in [0, 0.1) is 0 Å². The Kier molecular flexibility index (Phi) is 64.4. The largest absolute Gasteiger partial charge is 0.466 e. The van der Waals surface area contributed by atoms with Crippen molar-refractivity contribution in [3.8, 4) is 0 Å². The van der Waals surface area contributed by atoms with Crippen molar-refractivity contribution in [1.82, 2.24) is 5.32 Å². The van der Waals surface area contributed by atoms with Crippen LogP contribution in [-0.4, -0.2) is 47.4 Å². The van der Waals surface area contributed by atoms with Crippen LogP contribution in [0.25, 0.3) is 0 Å². The van der Waals surface area contributed by atoms with Crippen molar-refractivity contribution < 1.29 is 24.5 Å². The van der Waals surface area contributed by atoms with Crippen LogP contribution < -0.4 is 5.32 Å². The summed E-state index contributed by atoms with van der Waals surface area (Å²) in [6, 6.07) is -0.539. The number of aliphatic hydroxyl groups is 2. The Bertz CT molecular complexity index is 1080. The highest BCUT2D eigenvalue weighted by Gasteiger charge is 2.20. The van der Waals surface area contributed by atoms with E-state index in [1.54, 1.807) is 0 Å². The van der Waals surface area contributed by atoms with Gasteiger partial charge in [-0.05, 0) is 25.7 Å². The summed E-state index contributed by atoms with van der Waals surface area (Å²) in [5, 5.41) is 23.3. The van der Waals surface area contributed by atoms with Crippen molar-refractivity contribution in [3.63, 3.8) is 0 Å². The Labute approximate surface area is 470 Å². The molecule has 6 nitrogen and oxygen atoms in total. The highest BCUT2D eigenvalue weighted by molar-refractivity contribution is 5.76. The molecule has 0 spiro atoms. The van der Waals surface area contributed by atoms with Gasteiger partial charge in [0.15, 0.2) is 0 Å². The molecule has 0 bridgehead atoms. The van der Waals surface area contributed by atoms with Crippen LogP contribution >= 0.6 is 0 Å². The van der Waals surface area contributed by atoms with Gasteiger partial charge in [-0.15, -0.1) is 0 Å². The average molecular weight is 1060 g/mol. The van der Waals surface area contributed by atoms with E-state index >= 15 is 0 Å². The molecule has 0 aliphatic carbocycles. The Morgan fingerprint density at radius 2 is 0.547 bits per heavy atom. The lowest BCUT2D eigenvalue weighted by Crippen LogP contribution is -2.45. The molecule has 75 heavy (non-hydrogen) atoms. The average Bonchev–Trinajstić information content (AvgIpc) is 3.41. The van der Waals surface area contributed by atoms with E-state index in [1.807, 2.05) is 0 Å². The standard InChI is InChI=1S/C69H137NO5/c1-3-5-7-9-11-13-15-17-19-21-31-35-39-43-47-51-55-59-63-69(74)75-64-60-56-52-48-44-40-36-32-29-27-25-23-22-24-26-28-30-34-38-42-46-50-54-58-62-68(73)70-66(65-71)67(72)61-57-53-49-45-41-37-33-20-18-16-14-12-10-8-6-4-2/h66-67,71-72H,3-65H2,1-2H3,(H,70,73). The van der Waals surface area contributed by atoms with Gasteiger partial charge in [-0.25, -0.2) is 0 Å². The summed E-state index contributed by atoms with van der Waals surface area (Å²) in [6.45, 7) is 5.00. The number of amides is 1. The van der Waals surface area contributed by atoms with Gasteiger partial charge in [-0.1, -0.05) is 367 Å². The molecule has 2 unspecified atom stereocenters. The minimum atomic E-state index is -0.662. The number of hydrogen-bond acceptors (Lipinski definition) is 5. The maximum Gasteiger partial charge on any atom is 0.305 e. The van der Waals surface area contributed by atoms with Gasteiger partial charge in [-0.3, -0.25) is 9.59 Å². The number of carbonyl (C=O) groups is 2. The van der Waals surface area contributed by atoms with Crippen LogP contribution in [-0.2, 0) is 14.3 Å². The molecule has 6 heteroatoms. The second-order valence-corrected chi connectivity index (χ2v) is 24.2. The maximum atomic E-state index is 12.5. The van der Waals surface area contributed by atoms with Crippen molar-refractivity contribution in [2.24, 2.45) is 0 Å². The molecule has 0 aromatic rings. The number of aliphatic hydroxyl groups excluding tert-OH is 2. The molecule has 0 aromatic heterocycles. The van der Waals surface area contributed by atoms with Crippen LogP contribution in [0.15, 0.2) is 0 Å². The van der Waals surface area contributed by atoms with E-state index in [0.29, 0.717) is 25.9 Å². The zero-order valence-electron chi connectivity index (χ0n) is 51.3. The monoisotopic (exact) mass is 1060 g/mol. The first kappa shape index (κ1) is 73.9. The van der Waals surface area contributed by atoms with Crippen molar-refractivity contribution in [3.05, 3.63) is 0 Å². The van der Waals surface area contributed by atoms with E-state index in [0.717, 1.165) is 38.5 Å². The molecule has 0 saturated carbocycles. The van der Waals surface area contributed by atoms with Gasteiger partial charge >= 0.3 is 5.97 Å². The lowest BCUT2D eigenvalue weighted by atomic mass is 10.0. The molecule has 1 amide bonds. The van der Waals surface area contributed by atoms with Crippen molar-refractivity contribution >= 4 is 11.9 Å². The molecule has 2 atom stereocenters. The highest BCUT2D eigenvalue weighted by Crippen LogP contribution is 2.19. The summed E-state index contributed by atoms with van der Waals surface area (Å²) in [4.78, 5) is 24.6. The van der Waals surface area contributed by atoms with E-state index in [9.17, 15) is 19.8 Å². The van der Waals surface area contributed by atoms with Crippen LogP contribution in [0.3, 0.4) is 0 Å². The van der Waals surface area contributed by atoms with Gasteiger partial charge in [0.25, 0.3) is 0 Å². The van der Waals surface area contributed by atoms with Gasteiger partial charge in [-0.2, -0.15) is 0 Å². The van der Waals surface area contributed by atoms with Crippen molar-refractivity contribution in [1.29, 1.82) is 0 Å². The molecule has 3 N–H and O–H groups in total. The van der Waals surface area contributed by atoms with E-state index in [-0.39, 0.29) is 18.5 Å². The first-order valence-corrected chi connectivity index (χ1v) is 34.8. The van der Waals surface area contributed by atoms with Crippen molar-refractivity contribution in [2.75, 3.05) is 13.2 Å². The van der Waals surface area contributed by atoms with E-state index in [2.05, 4.69) is 19.2 Å². The molecule has 0 aliphatic rings. The van der Waals surface area contributed by atoms with Crippen LogP contribution in [0.2, 0.25) is 0 Å². The van der Waals surface area contributed by atoms with Crippen LogP contribution in [0.5, 0.6) is 0 Å². The summed E-state index contributed by atoms with van der Waals surface area (Å²) < 4.78 is 5.51. The SMILES string of the molecule is CCCCCCCCCCCCCCCCCCCCC(=O)OCCCCCCCCCCCCCCCCCCCCCCCCCCC(=O)NC(CO)C(O)CCCCCCCCCCCCCCCCCC. The third-order valence-electron chi connectivity index (χ3n) is 16.7. The highest BCUT2D eigenvalue weighted by atomic mass is 16.5. The Hall–Kier alpha value is -1.14. The summed E-state index contributed by atoms with van der Waals surface area (Å²) in [6.07, 6.45) is 78.6. The normalized spacial score (nSPS) is 12.4. The van der Waals surface area contributed by atoms with Gasteiger partial charge in [0.05, 0.1) is 25.4 Å². The van der Waals surface area contributed by atoms with Crippen LogP contribution in [0.1, 0.15) is 406 Å². The number of rotatable bonds is 66. The molecule has 0 saturated heterocycles. The van der Waals surface area contributed by atoms with Gasteiger partial charge in [0.2, 0.25) is 5.91 Å². The first-order valence-electron chi connectivity index (χ1n) is 34.8. The molecule has 448 valence electrons. The Morgan fingerprint density at radius 1 is 0.320 bits per heavy atom. The number of hydrogen-bond donors (Lipinski definition) is 3. The molecule has 0 radical (unpaired) electrons. The number of ether oxygens (including phenoxy) is 1. The van der Waals surface area contributed by atoms with Gasteiger partial charge < -0.3 is 20.3 Å². The zero-order valence-corrected chi connectivity index (χ0v) is 51.3. The number of carbonyl (C=O) groups excluding carboxylic acids is 2. The fraction of sp³-hybridized carbons (Fsp3) is 0.971. The van der Waals surface area contributed by atoms with E-state index < -0.39 is 12.1 Å². The minimum absolute atomic E-state index is 0.0212. The minimum Gasteiger partial charge on any atom is -0.466 e. The first-order chi connectivity index (χ1) is 37.0. The summed E-state index contributed by atoms with van der Waals surface area (Å²) in [5.74, 6) is -0.00846. The number of nitrogens with one attached hydrogen (secondary N) is 1. The summed E-state index contributed by atoms with van der Waals surface area (Å²) in [7, 11) is 0. The molecule has 0 heterocycles. The quantitative estimate of drug-likeness (QED) is 0.0417. The Morgan fingerprint density at radius 3 is 0.813 bits per heavy atom. The molecular weight excluding hydrogens is 923 g/mol. The second kappa shape index (κ2) is 65.4. The summed E-state index contributed by atoms with van der Waals surface area (Å²) >= 11 is 0. The van der Waals surface area contributed by atoms with E-state index in [1.165, 1.54) is 334 Å².